The van der Waals surface area contributed by atoms with E-state index in [1.54, 1.807) is 14.2 Å². The number of nitrogens with zero attached hydrogens (tertiary/aromatic N) is 2. The van der Waals surface area contributed by atoms with Crippen LogP contribution in [0.3, 0.4) is 0 Å². The van der Waals surface area contributed by atoms with Crippen LogP contribution in [0.1, 0.15) is 24.9 Å². The Kier molecular flexibility index (Phi) is 10.7. The maximum absolute atomic E-state index is 5.97. The number of aliphatic imine (C=N–C) groups is 1. The Labute approximate surface area is 173 Å². The lowest BCUT2D eigenvalue weighted by Gasteiger charge is -2.34. The molecule has 0 saturated carbocycles. The van der Waals surface area contributed by atoms with E-state index in [1.165, 1.54) is 0 Å². The van der Waals surface area contributed by atoms with Gasteiger partial charge in [-0.1, -0.05) is 13.0 Å². The zero-order valence-corrected chi connectivity index (χ0v) is 18.2. The average molecular weight is 478 g/mol. The van der Waals surface area contributed by atoms with Crippen molar-refractivity contribution in [2.75, 3.05) is 53.6 Å². The first-order valence-electron chi connectivity index (χ1n) is 8.77. The van der Waals surface area contributed by atoms with Crippen molar-refractivity contribution < 1.29 is 14.2 Å². The molecule has 2 rings (SSSR count). The van der Waals surface area contributed by atoms with Gasteiger partial charge in [-0.15, -0.1) is 24.0 Å². The molecule has 1 fully saturated rings. The molecule has 1 aromatic rings. The number of guanidine groups is 1. The van der Waals surface area contributed by atoms with E-state index >= 15 is 0 Å². The van der Waals surface area contributed by atoms with Crippen LogP contribution in [0.25, 0.3) is 0 Å². The fourth-order valence-electron chi connectivity index (χ4n) is 2.87. The summed E-state index contributed by atoms with van der Waals surface area (Å²) in [5.41, 5.74) is 7.10. The summed E-state index contributed by atoms with van der Waals surface area (Å²) in [4.78, 5) is 6.92. The predicted molar refractivity (Wildman–Crippen MR) is 115 cm³/mol. The second kappa shape index (κ2) is 12.2. The summed E-state index contributed by atoms with van der Waals surface area (Å²) in [7, 11) is 3.29. The molecule has 1 aliphatic rings. The van der Waals surface area contributed by atoms with E-state index in [1.807, 2.05) is 12.1 Å². The second-order valence-electron chi connectivity index (χ2n) is 5.93. The monoisotopic (exact) mass is 478 g/mol. The topological polar surface area (TPSA) is 81.3 Å². The molecular weight excluding hydrogens is 447 g/mol. The minimum Gasteiger partial charge on any atom is -0.493 e. The smallest absolute Gasteiger partial charge is 0.188 e. The van der Waals surface area contributed by atoms with Crippen molar-refractivity contribution >= 4 is 29.9 Å². The van der Waals surface area contributed by atoms with Crippen LogP contribution in [-0.4, -0.2) is 64.5 Å². The molecule has 1 heterocycles. The molecule has 26 heavy (non-hydrogen) atoms. The Hall–Kier alpha value is -1.26. The molecule has 1 unspecified atom stereocenters. The van der Waals surface area contributed by atoms with Crippen LogP contribution in [0.2, 0.25) is 0 Å². The molecule has 0 bridgehead atoms. The van der Waals surface area contributed by atoms with Crippen LogP contribution in [-0.2, 0) is 4.74 Å². The van der Waals surface area contributed by atoms with Crippen LogP contribution >= 0.6 is 24.0 Å². The summed E-state index contributed by atoms with van der Waals surface area (Å²) in [5.74, 6) is 1.93. The van der Waals surface area contributed by atoms with Crippen molar-refractivity contribution in [2.45, 2.75) is 19.4 Å². The van der Waals surface area contributed by atoms with Crippen LogP contribution in [0.4, 0.5) is 0 Å². The zero-order valence-electron chi connectivity index (χ0n) is 15.9. The fraction of sp³-hybridized carbons (Fsp3) is 0.611. The van der Waals surface area contributed by atoms with Crippen LogP contribution in [0, 0.1) is 0 Å². The number of nitrogens with one attached hydrogen (secondary N) is 1. The number of halogens is 1. The molecule has 0 amide bonds. The van der Waals surface area contributed by atoms with Crippen molar-refractivity contribution in [1.82, 2.24) is 10.2 Å². The van der Waals surface area contributed by atoms with E-state index in [4.69, 9.17) is 19.9 Å². The molecule has 0 aromatic heterocycles. The van der Waals surface area contributed by atoms with E-state index in [-0.39, 0.29) is 30.0 Å². The molecule has 1 saturated heterocycles. The van der Waals surface area contributed by atoms with E-state index in [0.717, 1.165) is 56.3 Å². The van der Waals surface area contributed by atoms with Gasteiger partial charge in [-0.05, 0) is 24.1 Å². The average Bonchev–Trinajstić information content (AvgIpc) is 2.67. The highest BCUT2D eigenvalue weighted by molar-refractivity contribution is 14.0. The number of benzene rings is 1. The third-order valence-electron chi connectivity index (χ3n) is 4.27. The quantitative estimate of drug-likeness (QED) is 0.338. The summed E-state index contributed by atoms with van der Waals surface area (Å²) >= 11 is 0. The Morgan fingerprint density at radius 1 is 1.27 bits per heavy atom. The number of hydrogen-bond acceptors (Lipinski definition) is 5. The Balaban J connectivity index is 0.00000338. The molecule has 0 aliphatic carbocycles. The van der Waals surface area contributed by atoms with Crippen molar-refractivity contribution in [2.24, 2.45) is 10.7 Å². The van der Waals surface area contributed by atoms with Crippen molar-refractivity contribution in [3.63, 3.8) is 0 Å². The first-order valence-corrected chi connectivity index (χ1v) is 8.77. The third-order valence-corrected chi connectivity index (χ3v) is 4.27. The summed E-state index contributed by atoms with van der Waals surface area (Å²) in [6.45, 7) is 6.72. The first-order chi connectivity index (χ1) is 12.2. The van der Waals surface area contributed by atoms with Gasteiger partial charge in [0.15, 0.2) is 17.5 Å². The number of nitrogens with two attached hydrogens (primary N) is 1. The lowest BCUT2D eigenvalue weighted by Crippen LogP contribution is -2.41. The molecule has 1 atom stereocenters. The normalized spacial score (nSPS) is 16.5. The number of methoxy groups -OCH3 is 2. The summed E-state index contributed by atoms with van der Waals surface area (Å²) in [6, 6.07) is 6.13. The molecule has 0 spiro atoms. The lowest BCUT2D eigenvalue weighted by molar-refractivity contribution is 0.0179. The van der Waals surface area contributed by atoms with Gasteiger partial charge < -0.3 is 25.3 Å². The number of morpholine rings is 1. The van der Waals surface area contributed by atoms with Gasteiger partial charge in [-0.3, -0.25) is 9.89 Å². The van der Waals surface area contributed by atoms with Crippen LogP contribution in [0.5, 0.6) is 11.5 Å². The van der Waals surface area contributed by atoms with Gasteiger partial charge in [0.25, 0.3) is 0 Å². The van der Waals surface area contributed by atoms with Crippen molar-refractivity contribution in [3.8, 4) is 11.5 Å². The van der Waals surface area contributed by atoms with E-state index < -0.39 is 0 Å². The van der Waals surface area contributed by atoms with Crippen molar-refractivity contribution in [1.29, 1.82) is 0 Å². The maximum atomic E-state index is 5.97. The molecule has 3 N–H and O–H groups in total. The Morgan fingerprint density at radius 3 is 2.58 bits per heavy atom. The maximum Gasteiger partial charge on any atom is 0.188 e. The molecule has 7 nitrogen and oxygen atoms in total. The molecule has 1 aromatic carbocycles. The van der Waals surface area contributed by atoms with Gasteiger partial charge in [0.2, 0.25) is 0 Å². The predicted octanol–water partition coefficient (Wildman–Crippen LogP) is 2.01. The molecule has 0 radical (unpaired) electrons. The highest BCUT2D eigenvalue weighted by Crippen LogP contribution is 2.32. The van der Waals surface area contributed by atoms with Gasteiger partial charge in [0.1, 0.15) is 0 Å². The summed E-state index contributed by atoms with van der Waals surface area (Å²) < 4.78 is 16.3. The highest BCUT2D eigenvalue weighted by Gasteiger charge is 2.23. The van der Waals surface area contributed by atoms with Crippen molar-refractivity contribution in [3.05, 3.63) is 23.8 Å². The standard InChI is InChI=1S/C18H30N4O3.HI/c1-4-7-20-18(19)21-13-15(22-8-10-25-11-9-22)14-5-6-16(23-2)17(12-14)24-3;/h5-6,12,15H,4,7-11,13H2,1-3H3,(H3,19,20,21);1H. The molecule has 8 heteroatoms. The number of rotatable bonds is 8. The first kappa shape index (κ1) is 22.8. The number of ether oxygens (including phenoxy) is 3. The third kappa shape index (κ3) is 6.48. The number of hydrogen-bond donors (Lipinski definition) is 2. The van der Waals surface area contributed by atoms with Gasteiger partial charge in [-0.25, -0.2) is 0 Å². The minimum atomic E-state index is 0. The molecule has 148 valence electrons. The highest BCUT2D eigenvalue weighted by atomic mass is 127. The van der Waals surface area contributed by atoms with Gasteiger partial charge in [-0.2, -0.15) is 0 Å². The van der Waals surface area contributed by atoms with Gasteiger partial charge >= 0.3 is 0 Å². The van der Waals surface area contributed by atoms with Gasteiger partial charge in [0, 0.05) is 19.6 Å². The van der Waals surface area contributed by atoms with E-state index in [9.17, 15) is 0 Å². The zero-order chi connectivity index (χ0) is 18.1. The molecular formula is C18H31IN4O3. The summed E-state index contributed by atoms with van der Waals surface area (Å²) in [6.07, 6.45) is 1.01. The van der Waals surface area contributed by atoms with Crippen LogP contribution in [0.15, 0.2) is 23.2 Å². The summed E-state index contributed by atoms with van der Waals surface area (Å²) in [5, 5.41) is 3.12. The molecule has 1 aliphatic heterocycles. The van der Waals surface area contributed by atoms with Crippen LogP contribution < -0.4 is 20.5 Å². The SMILES string of the molecule is CCCNC(N)=NCC(c1ccc(OC)c(OC)c1)N1CCOCC1.I. The van der Waals surface area contributed by atoms with Gasteiger partial charge in [0.05, 0.1) is 40.0 Å². The fourth-order valence-corrected chi connectivity index (χ4v) is 2.87. The van der Waals surface area contributed by atoms with E-state index in [0.29, 0.717) is 12.5 Å². The Bertz CT molecular complexity index is 565. The lowest BCUT2D eigenvalue weighted by atomic mass is 10.0. The minimum absolute atomic E-state index is 0. The largest absolute Gasteiger partial charge is 0.493 e. The second-order valence-corrected chi connectivity index (χ2v) is 5.93. The van der Waals surface area contributed by atoms with E-state index in [2.05, 4.69) is 28.2 Å². The Morgan fingerprint density at radius 2 is 1.96 bits per heavy atom.